The second kappa shape index (κ2) is 11.4. The quantitative estimate of drug-likeness (QED) is 0.486. The normalized spacial score (nSPS) is 14.4. The number of amides is 1. The first-order valence-corrected chi connectivity index (χ1v) is 12.0. The molecular formula is C24H28FN5O2S. The minimum absolute atomic E-state index is 0.171. The van der Waals surface area contributed by atoms with Crippen molar-refractivity contribution in [3.05, 3.63) is 65.7 Å². The lowest BCUT2D eigenvalue weighted by molar-refractivity contribution is 0.0410. The zero-order chi connectivity index (χ0) is 23.0. The van der Waals surface area contributed by atoms with Gasteiger partial charge >= 0.3 is 0 Å². The topological polar surface area (TPSA) is 72.3 Å². The van der Waals surface area contributed by atoms with Crippen LogP contribution in [0.15, 0.2) is 53.7 Å². The van der Waals surface area contributed by atoms with Gasteiger partial charge in [-0.15, -0.1) is 10.2 Å². The Bertz CT molecular complexity index is 1080. The van der Waals surface area contributed by atoms with E-state index in [-0.39, 0.29) is 11.7 Å². The Morgan fingerprint density at radius 1 is 1.12 bits per heavy atom. The first kappa shape index (κ1) is 23.4. The first-order chi connectivity index (χ1) is 16.1. The molecular weight excluding hydrogens is 441 g/mol. The summed E-state index contributed by atoms with van der Waals surface area (Å²) in [7, 11) is 1.96. The lowest BCUT2D eigenvalue weighted by Gasteiger charge is -2.26. The summed E-state index contributed by atoms with van der Waals surface area (Å²) in [6, 6.07) is 13.5. The molecule has 3 aromatic rings. The monoisotopic (exact) mass is 469 g/mol. The molecule has 33 heavy (non-hydrogen) atoms. The predicted molar refractivity (Wildman–Crippen MR) is 127 cm³/mol. The van der Waals surface area contributed by atoms with Crippen LogP contribution in [0.4, 0.5) is 4.39 Å². The maximum Gasteiger partial charge on any atom is 0.251 e. The number of ether oxygens (including phenoxy) is 1. The molecule has 0 bridgehead atoms. The third-order valence-electron chi connectivity index (χ3n) is 5.58. The van der Waals surface area contributed by atoms with Gasteiger partial charge in [-0.25, -0.2) is 4.39 Å². The zero-order valence-electron chi connectivity index (χ0n) is 18.7. The zero-order valence-corrected chi connectivity index (χ0v) is 19.5. The van der Waals surface area contributed by atoms with Crippen LogP contribution < -0.4 is 5.32 Å². The molecule has 0 atom stereocenters. The van der Waals surface area contributed by atoms with Gasteiger partial charge in [0.15, 0.2) is 5.16 Å². The first-order valence-electron chi connectivity index (χ1n) is 11.1. The summed E-state index contributed by atoms with van der Waals surface area (Å²) >= 11 is 1.69. The molecule has 1 aliphatic heterocycles. The molecule has 0 radical (unpaired) electrons. The summed E-state index contributed by atoms with van der Waals surface area (Å²) in [4.78, 5) is 15.0. The van der Waals surface area contributed by atoms with Crippen LogP contribution in [0.5, 0.6) is 0 Å². The molecule has 1 amide bonds. The van der Waals surface area contributed by atoms with E-state index in [1.54, 1.807) is 36.0 Å². The molecule has 1 N–H and O–H groups in total. The fourth-order valence-electron chi connectivity index (χ4n) is 3.68. The van der Waals surface area contributed by atoms with E-state index in [0.29, 0.717) is 18.5 Å². The van der Waals surface area contributed by atoms with Crippen LogP contribution in [-0.2, 0) is 18.2 Å². The highest BCUT2D eigenvalue weighted by molar-refractivity contribution is 7.99. The fourth-order valence-corrected chi connectivity index (χ4v) is 4.61. The van der Waals surface area contributed by atoms with E-state index in [4.69, 9.17) is 4.74 Å². The molecule has 7 nitrogen and oxygen atoms in total. The van der Waals surface area contributed by atoms with E-state index >= 15 is 0 Å². The summed E-state index contributed by atoms with van der Waals surface area (Å²) < 4.78 is 20.9. The second-order valence-corrected chi connectivity index (χ2v) is 8.92. The van der Waals surface area contributed by atoms with Crippen LogP contribution in [-0.4, -0.2) is 70.7 Å². The van der Waals surface area contributed by atoms with Crippen LogP contribution in [0.3, 0.4) is 0 Å². The molecule has 4 rings (SSSR count). The molecule has 2 aromatic carbocycles. The number of carbonyl (C=O) groups is 1. The third-order valence-corrected chi connectivity index (χ3v) is 6.58. The van der Waals surface area contributed by atoms with Crippen LogP contribution in [0.25, 0.3) is 11.1 Å². The number of rotatable bonds is 9. The number of morpholine rings is 1. The van der Waals surface area contributed by atoms with Crippen molar-refractivity contribution < 1.29 is 13.9 Å². The molecule has 1 aromatic heterocycles. The van der Waals surface area contributed by atoms with Crippen molar-refractivity contribution in [2.75, 3.05) is 45.1 Å². The van der Waals surface area contributed by atoms with Crippen molar-refractivity contribution in [2.45, 2.75) is 11.6 Å². The lowest BCUT2D eigenvalue weighted by Crippen LogP contribution is -2.37. The van der Waals surface area contributed by atoms with Gasteiger partial charge in [0.25, 0.3) is 5.91 Å². The summed E-state index contributed by atoms with van der Waals surface area (Å²) in [6.07, 6.45) is 0.586. The molecule has 9 heteroatoms. The number of thioether (sulfide) groups is 1. The summed E-state index contributed by atoms with van der Waals surface area (Å²) in [5.74, 6) is 1.31. The fraction of sp³-hybridized carbons (Fsp3) is 0.375. The minimum Gasteiger partial charge on any atom is -0.379 e. The summed E-state index contributed by atoms with van der Waals surface area (Å²) in [6.45, 7) is 5.03. The molecule has 174 valence electrons. The van der Waals surface area contributed by atoms with Crippen molar-refractivity contribution in [1.82, 2.24) is 25.0 Å². The average Bonchev–Trinajstić information content (AvgIpc) is 3.19. The predicted octanol–water partition coefficient (Wildman–Crippen LogP) is 3.02. The SMILES string of the molecule is Cn1c(CCNC(=O)c2cccc(-c3cccc(F)c3)c2)nnc1SCCN1CCOCC1. The van der Waals surface area contributed by atoms with Crippen molar-refractivity contribution >= 4 is 17.7 Å². The number of carbonyl (C=O) groups excluding carboxylic acids is 1. The maximum atomic E-state index is 13.5. The molecule has 1 fully saturated rings. The van der Waals surface area contributed by atoms with E-state index in [1.807, 2.05) is 23.7 Å². The number of hydrogen-bond donors (Lipinski definition) is 1. The summed E-state index contributed by atoms with van der Waals surface area (Å²) in [5, 5.41) is 12.4. The van der Waals surface area contributed by atoms with Gasteiger partial charge in [-0.1, -0.05) is 36.0 Å². The highest BCUT2D eigenvalue weighted by Gasteiger charge is 2.13. The Labute approximate surface area is 197 Å². The van der Waals surface area contributed by atoms with E-state index in [2.05, 4.69) is 20.4 Å². The van der Waals surface area contributed by atoms with Gasteiger partial charge in [-0.05, 0) is 35.4 Å². The molecule has 1 saturated heterocycles. The standard InChI is InChI=1S/C24H28FN5O2S/c1-29-22(27-28-24(29)33-15-12-30-10-13-32-14-11-30)8-9-26-23(31)20-6-2-4-18(16-20)19-5-3-7-21(25)17-19/h2-7,16-17H,8-15H2,1H3,(H,26,31). The van der Waals surface area contributed by atoms with Crippen molar-refractivity contribution in [2.24, 2.45) is 7.05 Å². The molecule has 1 aliphatic rings. The van der Waals surface area contributed by atoms with Gasteiger partial charge in [0, 0.05) is 51.0 Å². The van der Waals surface area contributed by atoms with Gasteiger partial charge in [-0.2, -0.15) is 0 Å². The van der Waals surface area contributed by atoms with E-state index < -0.39 is 0 Å². The van der Waals surface area contributed by atoms with E-state index in [1.165, 1.54) is 12.1 Å². The molecule has 0 unspecified atom stereocenters. The number of nitrogens with one attached hydrogen (secondary N) is 1. The van der Waals surface area contributed by atoms with Crippen LogP contribution in [0.1, 0.15) is 16.2 Å². The Kier molecular flexibility index (Phi) is 8.09. The van der Waals surface area contributed by atoms with Gasteiger partial charge < -0.3 is 14.6 Å². The Morgan fingerprint density at radius 2 is 1.88 bits per heavy atom. The van der Waals surface area contributed by atoms with Crippen molar-refractivity contribution in [1.29, 1.82) is 0 Å². The van der Waals surface area contributed by atoms with Gasteiger partial charge in [0.05, 0.1) is 13.2 Å². The Hall–Kier alpha value is -2.75. The number of benzene rings is 2. The van der Waals surface area contributed by atoms with Gasteiger partial charge in [0.1, 0.15) is 11.6 Å². The van der Waals surface area contributed by atoms with Crippen molar-refractivity contribution in [3.8, 4) is 11.1 Å². The number of aromatic nitrogens is 3. The highest BCUT2D eigenvalue weighted by Crippen LogP contribution is 2.21. The van der Waals surface area contributed by atoms with E-state index in [0.717, 1.165) is 60.7 Å². The maximum absolute atomic E-state index is 13.5. The van der Waals surface area contributed by atoms with Crippen molar-refractivity contribution in [3.63, 3.8) is 0 Å². The van der Waals surface area contributed by atoms with Gasteiger partial charge in [0.2, 0.25) is 0 Å². The van der Waals surface area contributed by atoms with Crippen LogP contribution in [0, 0.1) is 5.82 Å². The lowest BCUT2D eigenvalue weighted by atomic mass is 10.0. The van der Waals surface area contributed by atoms with E-state index in [9.17, 15) is 9.18 Å². The van der Waals surface area contributed by atoms with Crippen LogP contribution >= 0.6 is 11.8 Å². The Balaban J connectivity index is 1.26. The third kappa shape index (κ3) is 6.40. The number of nitrogens with zero attached hydrogens (tertiary/aromatic N) is 4. The van der Waals surface area contributed by atoms with Gasteiger partial charge in [-0.3, -0.25) is 9.69 Å². The largest absolute Gasteiger partial charge is 0.379 e. The summed E-state index contributed by atoms with van der Waals surface area (Å²) in [5.41, 5.74) is 2.07. The second-order valence-electron chi connectivity index (χ2n) is 7.86. The number of halogens is 1. The number of hydrogen-bond acceptors (Lipinski definition) is 6. The van der Waals surface area contributed by atoms with Crippen LogP contribution in [0.2, 0.25) is 0 Å². The average molecular weight is 470 g/mol. The smallest absolute Gasteiger partial charge is 0.251 e. The molecule has 0 aliphatic carbocycles. The highest BCUT2D eigenvalue weighted by atomic mass is 32.2. The molecule has 2 heterocycles. The molecule has 0 spiro atoms. The minimum atomic E-state index is -0.301. The molecule has 0 saturated carbocycles. The Morgan fingerprint density at radius 3 is 2.67 bits per heavy atom.